The van der Waals surface area contributed by atoms with Gasteiger partial charge in [0.2, 0.25) is 0 Å². The molecule has 1 amide bonds. The van der Waals surface area contributed by atoms with Crippen molar-refractivity contribution in [1.82, 2.24) is 0 Å². The van der Waals surface area contributed by atoms with E-state index in [0.29, 0.717) is 37.0 Å². The summed E-state index contributed by atoms with van der Waals surface area (Å²) in [5.74, 6) is 0.968. The van der Waals surface area contributed by atoms with Crippen molar-refractivity contribution in [1.29, 1.82) is 0 Å². The van der Waals surface area contributed by atoms with Crippen LogP contribution in [0.3, 0.4) is 0 Å². The highest BCUT2D eigenvalue weighted by Crippen LogP contribution is 2.46. The van der Waals surface area contributed by atoms with Gasteiger partial charge in [-0.25, -0.2) is 9.35 Å². The predicted molar refractivity (Wildman–Crippen MR) is 170 cm³/mol. The van der Waals surface area contributed by atoms with Gasteiger partial charge in [-0.1, -0.05) is 35.9 Å². The maximum Gasteiger partial charge on any atom is 0.286 e. The van der Waals surface area contributed by atoms with Crippen molar-refractivity contribution in [2.24, 2.45) is 27.3 Å². The molecule has 232 valence electrons. The molecule has 1 unspecified atom stereocenters. The second kappa shape index (κ2) is 12.3. The summed E-state index contributed by atoms with van der Waals surface area (Å²) in [6.45, 7) is 4.76. The van der Waals surface area contributed by atoms with E-state index in [-0.39, 0.29) is 23.2 Å². The Morgan fingerprint density at radius 2 is 2.05 bits per heavy atom. The van der Waals surface area contributed by atoms with Crippen molar-refractivity contribution >= 4 is 21.5 Å². The Labute approximate surface area is 256 Å². The Morgan fingerprint density at radius 3 is 2.81 bits per heavy atom. The molecule has 6 atom stereocenters. The van der Waals surface area contributed by atoms with E-state index in [1.54, 1.807) is 20.3 Å². The monoisotopic (exact) mass is 607 g/mol. The minimum Gasteiger partial charge on any atom is -0.490 e. The van der Waals surface area contributed by atoms with E-state index in [1.165, 1.54) is 16.7 Å². The second-order valence-electron chi connectivity index (χ2n) is 13.1. The van der Waals surface area contributed by atoms with Gasteiger partial charge in [0.25, 0.3) is 5.91 Å². The maximum atomic E-state index is 13.4. The van der Waals surface area contributed by atoms with Gasteiger partial charge < -0.3 is 19.1 Å². The fourth-order valence-corrected chi connectivity index (χ4v) is 9.10. The van der Waals surface area contributed by atoms with Crippen LogP contribution in [-0.4, -0.2) is 62.5 Å². The van der Waals surface area contributed by atoms with Gasteiger partial charge in [0, 0.05) is 38.3 Å². The Balaban J connectivity index is 1.43. The maximum absolute atomic E-state index is 13.4. The van der Waals surface area contributed by atoms with Crippen LogP contribution in [0.1, 0.15) is 59.2 Å². The molecule has 0 saturated heterocycles. The number of amides is 1. The highest BCUT2D eigenvalue weighted by atomic mass is 32.2. The van der Waals surface area contributed by atoms with Gasteiger partial charge in [-0.3, -0.25) is 4.79 Å². The third-order valence-corrected chi connectivity index (χ3v) is 11.4. The van der Waals surface area contributed by atoms with E-state index >= 15 is 0 Å². The molecule has 0 aromatic heterocycles. The molecule has 1 fully saturated rings. The van der Waals surface area contributed by atoms with Crippen molar-refractivity contribution in [3.05, 3.63) is 70.8 Å². The summed E-state index contributed by atoms with van der Waals surface area (Å²) in [6.07, 6.45) is 10.3. The third kappa shape index (κ3) is 6.27. The lowest BCUT2D eigenvalue weighted by atomic mass is 9.68. The van der Waals surface area contributed by atoms with Crippen LogP contribution >= 0.6 is 0 Å². The minimum absolute atomic E-state index is 0.00952. The Kier molecular flexibility index (Phi) is 8.70. The highest BCUT2D eigenvalue weighted by molar-refractivity contribution is 7.91. The molecule has 2 N–H and O–H groups in total. The number of allylic oxidation sites excluding steroid dienone is 1. The van der Waals surface area contributed by atoms with E-state index < -0.39 is 15.8 Å². The van der Waals surface area contributed by atoms with Crippen LogP contribution in [0.5, 0.6) is 5.75 Å². The molecule has 1 saturated carbocycles. The van der Waals surface area contributed by atoms with Crippen LogP contribution in [0.15, 0.2) is 52.9 Å². The van der Waals surface area contributed by atoms with Crippen molar-refractivity contribution in [3.63, 3.8) is 0 Å². The lowest BCUT2D eigenvalue weighted by Crippen LogP contribution is -2.49. The van der Waals surface area contributed by atoms with Gasteiger partial charge in [0.1, 0.15) is 15.7 Å². The topological polar surface area (TPSA) is 103 Å². The number of rotatable bonds is 3. The normalized spacial score (nSPS) is 33.3. The Morgan fingerprint density at radius 1 is 1.19 bits per heavy atom. The minimum atomic E-state index is -3.27. The van der Waals surface area contributed by atoms with Crippen molar-refractivity contribution in [3.8, 4) is 5.75 Å². The number of carbonyl (C=O) groups is 1. The summed E-state index contributed by atoms with van der Waals surface area (Å²) in [5.41, 5.74) is 5.19. The summed E-state index contributed by atoms with van der Waals surface area (Å²) < 4.78 is 35.5. The first-order chi connectivity index (χ1) is 20.7. The van der Waals surface area contributed by atoms with E-state index in [2.05, 4.69) is 46.5 Å². The molecular weight excluding hydrogens is 562 g/mol. The van der Waals surface area contributed by atoms with Crippen molar-refractivity contribution in [2.45, 2.75) is 57.0 Å². The van der Waals surface area contributed by atoms with Gasteiger partial charge in [-0.05, 0) is 92.5 Å². The summed E-state index contributed by atoms with van der Waals surface area (Å²) in [4.78, 5) is 15.9. The number of nitrogens with zero attached hydrogens (tertiary/aromatic N) is 2. The first kappa shape index (κ1) is 30.3. The zero-order chi connectivity index (χ0) is 30.2. The zero-order valence-corrected chi connectivity index (χ0v) is 26.4. The third-order valence-electron chi connectivity index (χ3n) is 10.0. The molecular formula is C34H45N3O5S. The van der Waals surface area contributed by atoms with E-state index in [1.807, 2.05) is 12.1 Å². The van der Waals surface area contributed by atoms with E-state index in [9.17, 15) is 9.00 Å². The standard InChI is InChI=1S/C34H45N3O5S/c1-23-9-13-29-25(16-23)7-5-15-34(29)21-37-18-27-10-12-28(27)31(41-3)8-4-6-24(19-40-2)20-43(35,39)36-33(38)26-11-14-32(42-22-34)30(37)17-26/h4,8-9,11,13-14,16-17,24,27-28,31H,5-7,10,12,15,18-22H2,1-3H3,(H2,35,36,38,39)/b8-4+/t24-,27+,28-,31+,34+,43?/m1/s1. The van der Waals surface area contributed by atoms with Crippen LogP contribution < -0.4 is 14.8 Å². The molecule has 43 heavy (non-hydrogen) atoms. The smallest absolute Gasteiger partial charge is 0.286 e. The molecule has 4 aliphatic rings. The first-order valence-electron chi connectivity index (χ1n) is 15.6. The average Bonchev–Trinajstić information content (AvgIpc) is 3.10. The van der Waals surface area contributed by atoms with Gasteiger partial charge >= 0.3 is 0 Å². The Hall–Kier alpha value is -2.72. The van der Waals surface area contributed by atoms with Crippen LogP contribution in [0, 0.1) is 24.7 Å². The lowest BCUT2D eigenvalue weighted by molar-refractivity contribution is 0.0131. The highest BCUT2D eigenvalue weighted by Gasteiger charge is 2.44. The molecule has 6 rings (SSSR count). The number of anilines is 1. The molecule has 0 radical (unpaired) electrons. The number of fused-ring (bicyclic) bond motifs is 4. The molecule has 2 heterocycles. The summed E-state index contributed by atoms with van der Waals surface area (Å²) >= 11 is 0. The molecule has 8 nitrogen and oxygen atoms in total. The predicted octanol–water partition coefficient (Wildman–Crippen LogP) is 5.21. The second-order valence-corrected chi connectivity index (χ2v) is 15.0. The first-order valence-corrected chi connectivity index (χ1v) is 17.3. The van der Waals surface area contributed by atoms with Crippen LogP contribution in [-0.2, 0) is 31.2 Å². The van der Waals surface area contributed by atoms with Crippen molar-refractivity contribution in [2.75, 3.05) is 51.2 Å². The van der Waals surface area contributed by atoms with Gasteiger partial charge in [-0.2, -0.15) is 0 Å². The van der Waals surface area contributed by atoms with Gasteiger partial charge in [0.15, 0.2) is 0 Å². The fraction of sp³-hybridized carbons (Fsp3) is 0.559. The number of benzene rings is 2. The number of hydrogen-bond acceptors (Lipinski definition) is 6. The van der Waals surface area contributed by atoms with Gasteiger partial charge in [0.05, 0.1) is 30.8 Å². The molecule has 9 heteroatoms. The molecule has 2 aromatic rings. The molecule has 2 aromatic carbocycles. The molecule has 1 spiro atoms. The number of methoxy groups -OCH3 is 2. The van der Waals surface area contributed by atoms with Crippen molar-refractivity contribution < 1.29 is 23.2 Å². The van der Waals surface area contributed by atoms with E-state index in [4.69, 9.17) is 19.3 Å². The average molecular weight is 608 g/mol. The fourth-order valence-electron chi connectivity index (χ4n) is 7.73. The number of carbonyl (C=O) groups excluding carboxylic acids is 1. The number of hydrogen-bond donors (Lipinski definition) is 1. The summed E-state index contributed by atoms with van der Waals surface area (Å²) in [5, 5.41) is 6.17. The van der Waals surface area contributed by atoms with Crippen LogP contribution in [0.2, 0.25) is 0 Å². The largest absolute Gasteiger partial charge is 0.490 e. The quantitative estimate of drug-likeness (QED) is 0.481. The summed E-state index contributed by atoms with van der Waals surface area (Å²) in [7, 11) is 0.121. The SMILES string of the molecule is COC[C@H]1C/C=C/[C@H](OC)[C@@H]2CC[C@H]2CN2C[C@@]3(CCCc4cc(C)ccc43)COc3ccc(cc32)C(=O)N=S(N)(=O)C1. The van der Waals surface area contributed by atoms with Gasteiger partial charge in [-0.15, -0.1) is 4.36 Å². The lowest BCUT2D eigenvalue weighted by Gasteiger charge is -2.46. The number of aryl methyl sites for hydroxylation is 2. The molecule has 2 aliphatic heterocycles. The van der Waals surface area contributed by atoms with Crippen LogP contribution in [0.4, 0.5) is 5.69 Å². The van der Waals surface area contributed by atoms with Crippen LogP contribution in [0.25, 0.3) is 0 Å². The number of ether oxygens (including phenoxy) is 3. The van der Waals surface area contributed by atoms with E-state index in [0.717, 1.165) is 56.6 Å². The zero-order valence-electron chi connectivity index (χ0n) is 25.6. The molecule has 2 aliphatic carbocycles. The number of nitrogens with two attached hydrogens (primary N) is 1. The molecule has 2 bridgehead atoms. The summed E-state index contributed by atoms with van der Waals surface area (Å²) in [6, 6.07) is 12.3. The Bertz CT molecular complexity index is 1520.